The normalized spacial score (nSPS) is 15.6. The molecule has 1 amide bonds. The third kappa shape index (κ3) is 4.16. The second kappa shape index (κ2) is 8.16. The van der Waals surface area contributed by atoms with Gasteiger partial charge in [0.2, 0.25) is 0 Å². The van der Waals surface area contributed by atoms with Crippen molar-refractivity contribution in [1.29, 1.82) is 0 Å². The Bertz CT molecular complexity index is 1050. The number of hydrogen-bond acceptors (Lipinski definition) is 5. The zero-order valence-electron chi connectivity index (χ0n) is 16.3. The van der Waals surface area contributed by atoms with Crippen LogP contribution in [0.5, 0.6) is 0 Å². The molecular weight excluding hydrogens is 410 g/mol. The summed E-state index contributed by atoms with van der Waals surface area (Å²) in [7, 11) is 0. The lowest BCUT2D eigenvalue weighted by molar-refractivity contribution is -0.129. The van der Waals surface area contributed by atoms with Crippen LogP contribution in [0.4, 0.5) is 0 Å². The van der Waals surface area contributed by atoms with Crippen LogP contribution in [0.2, 0.25) is 5.02 Å². The Hall–Kier alpha value is -2.38. The number of rotatable bonds is 5. The molecule has 2 aromatic heterocycles. The minimum atomic E-state index is -0.831. The summed E-state index contributed by atoms with van der Waals surface area (Å²) in [6, 6.07) is 9.32. The van der Waals surface area contributed by atoms with E-state index in [2.05, 4.69) is 10.4 Å². The number of thiophene rings is 1. The number of esters is 1. The second-order valence-corrected chi connectivity index (χ2v) is 8.81. The number of hydrogen-bond donors (Lipinski definition) is 1. The minimum absolute atomic E-state index is 0.195. The average Bonchev–Trinajstić information content (AvgIpc) is 3.41. The zero-order chi connectivity index (χ0) is 20.5. The van der Waals surface area contributed by atoms with Crippen LogP contribution >= 0.6 is 22.9 Å². The van der Waals surface area contributed by atoms with Crippen molar-refractivity contribution in [3.05, 3.63) is 45.9 Å². The van der Waals surface area contributed by atoms with Gasteiger partial charge in [-0.1, -0.05) is 24.4 Å². The maximum atomic E-state index is 12.6. The van der Waals surface area contributed by atoms with Crippen molar-refractivity contribution in [2.24, 2.45) is 0 Å². The first-order valence-electron chi connectivity index (χ1n) is 9.69. The number of carbonyl (C=O) groups is 2. The van der Waals surface area contributed by atoms with Crippen LogP contribution in [0.1, 0.15) is 48.0 Å². The summed E-state index contributed by atoms with van der Waals surface area (Å²) in [4.78, 5) is 26.2. The summed E-state index contributed by atoms with van der Waals surface area (Å²) in [5, 5.41) is 9.06. The molecule has 1 aliphatic rings. The highest BCUT2D eigenvalue weighted by atomic mass is 35.5. The van der Waals surface area contributed by atoms with Gasteiger partial charge in [0.15, 0.2) is 6.10 Å². The van der Waals surface area contributed by atoms with Crippen LogP contribution in [-0.4, -0.2) is 33.8 Å². The van der Waals surface area contributed by atoms with Gasteiger partial charge in [-0.15, -0.1) is 11.3 Å². The van der Waals surface area contributed by atoms with Crippen molar-refractivity contribution in [3.63, 3.8) is 0 Å². The number of benzene rings is 1. The van der Waals surface area contributed by atoms with Gasteiger partial charge < -0.3 is 10.1 Å². The van der Waals surface area contributed by atoms with E-state index in [4.69, 9.17) is 16.3 Å². The molecule has 1 fully saturated rings. The Morgan fingerprint density at radius 3 is 2.66 bits per heavy atom. The van der Waals surface area contributed by atoms with Gasteiger partial charge in [-0.2, -0.15) is 5.10 Å². The summed E-state index contributed by atoms with van der Waals surface area (Å²) < 4.78 is 7.21. The van der Waals surface area contributed by atoms with Crippen molar-refractivity contribution < 1.29 is 14.3 Å². The fraction of sp³-hybridized carbons (Fsp3) is 0.381. The standard InChI is InChI=1S/C21H22ClN3O3S/c1-12-17-11-18(21(27)28-13(2)19(26)23-15-5-3-4-6-15)29-20(17)25(24-12)16-9-7-14(22)8-10-16/h7-11,13,15H,3-6H2,1-2H3,(H,23,26). The highest BCUT2D eigenvalue weighted by Crippen LogP contribution is 2.31. The van der Waals surface area contributed by atoms with Crippen LogP contribution in [0, 0.1) is 6.92 Å². The molecule has 4 rings (SSSR count). The monoisotopic (exact) mass is 431 g/mol. The molecule has 1 aliphatic carbocycles. The van der Waals surface area contributed by atoms with E-state index in [1.807, 2.05) is 19.1 Å². The van der Waals surface area contributed by atoms with Gasteiger partial charge in [0.05, 0.1) is 11.4 Å². The van der Waals surface area contributed by atoms with Crippen LogP contribution in [-0.2, 0) is 9.53 Å². The molecule has 1 aromatic carbocycles. The van der Waals surface area contributed by atoms with E-state index in [0.717, 1.165) is 47.3 Å². The van der Waals surface area contributed by atoms with Gasteiger partial charge in [-0.3, -0.25) is 4.79 Å². The lowest BCUT2D eigenvalue weighted by Crippen LogP contribution is -2.40. The molecular formula is C21H22ClN3O3S. The zero-order valence-corrected chi connectivity index (χ0v) is 17.8. The third-order valence-corrected chi connectivity index (χ3v) is 6.51. The lowest BCUT2D eigenvalue weighted by atomic mass is 10.2. The first-order valence-corrected chi connectivity index (χ1v) is 10.9. The molecule has 6 nitrogen and oxygen atoms in total. The number of nitrogens with one attached hydrogen (secondary N) is 1. The largest absolute Gasteiger partial charge is 0.448 e. The molecule has 1 atom stereocenters. The number of aryl methyl sites for hydroxylation is 1. The molecule has 0 spiro atoms. The van der Waals surface area contributed by atoms with E-state index < -0.39 is 12.1 Å². The summed E-state index contributed by atoms with van der Waals surface area (Å²) in [5.41, 5.74) is 1.68. The third-order valence-electron chi connectivity index (χ3n) is 5.17. The maximum absolute atomic E-state index is 12.6. The molecule has 0 radical (unpaired) electrons. The Balaban J connectivity index is 1.51. The molecule has 0 saturated heterocycles. The number of carbonyl (C=O) groups excluding carboxylic acids is 2. The van der Waals surface area contributed by atoms with Crippen molar-refractivity contribution >= 4 is 45.0 Å². The minimum Gasteiger partial charge on any atom is -0.448 e. The SMILES string of the molecule is Cc1nn(-c2ccc(Cl)cc2)c2sc(C(=O)OC(C)C(=O)NC3CCCC3)cc12. The smallest absolute Gasteiger partial charge is 0.349 e. The van der Waals surface area contributed by atoms with Crippen LogP contribution in [0.25, 0.3) is 15.9 Å². The predicted molar refractivity (Wildman–Crippen MR) is 114 cm³/mol. The molecule has 152 valence electrons. The predicted octanol–water partition coefficient (Wildman–Crippen LogP) is 4.65. The summed E-state index contributed by atoms with van der Waals surface area (Å²) in [5.74, 6) is -0.739. The highest BCUT2D eigenvalue weighted by molar-refractivity contribution is 7.20. The fourth-order valence-corrected chi connectivity index (χ4v) is 4.76. The first kappa shape index (κ1) is 19.9. The molecule has 1 unspecified atom stereocenters. The Morgan fingerprint density at radius 1 is 1.28 bits per heavy atom. The molecule has 1 N–H and O–H groups in total. The summed E-state index contributed by atoms with van der Waals surface area (Å²) >= 11 is 7.27. The van der Waals surface area contributed by atoms with E-state index in [9.17, 15) is 9.59 Å². The van der Waals surface area contributed by atoms with Gasteiger partial charge in [0, 0.05) is 16.5 Å². The molecule has 29 heavy (non-hydrogen) atoms. The molecule has 2 heterocycles. The molecule has 8 heteroatoms. The number of nitrogens with zero attached hydrogens (tertiary/aromatic N) is 2. The van der Waals surface area contributed by atoms with Gasteiger partial charge in [0.1, 0.15) is 9.71 Å². The van der Waals surface area contributed by atoms with Gasteiger partial charge in [-0.05, 0) is 57.0 Å². The molecule has 1 saturated carbocycles. The average molecular weight is 432 g/mol. The van der Waals surface area contributed by atoms with Crippen LogP contribution in [0.15, 0.2) is 30.3 Å². The van der Waals surface area contributed by atoms with Crippen molar-refractivity contribution in [2.45, 2.75) is 51.7 Å². The summed E-state index contributed by atoms with van der Waals surface area (Å²) in [6.45, 7) is 3.50. The Morgan fingerprint density at radius 2 is 1.97 bits per heavy atom. The quantitative estimate of drug-likeness (QED) is 0.596. The first-order chi connectivity index (χ1) is 13.9. The topological polar surface area (TPSA) is 73.2 Å². The number of ether oxygens (including phenoxy) is 1. The number of aromatic nitrogens is 2. The highest BCUT2D eigenvalue weighted by Gasteiger charge is 2.25. The molecule has 0 aliphatic heterocycles. The molecule has 0 bridgehead atoms. The molecule has 3 aromatic rings. The number of halogens is 1. The second-order valence-electron chi connectivity index (χ2n) is 7.34. The van der Waals surface area contributed by atoms with Gasteiger partial charge in [-0.25, -0.2) is 9.48 Å². The van der Waals surface area contributed by atoms with E-state index in [1.54, 1.807) is 29.8 Å². The number of amides is 1. The lowest BCUT2D eigenvalue weighted by Gasteiger charge is -2.16. The van der Waals surface area contributed by atoms with E-state index in [0.29, 0.717) is 9.90 Å². The van der Waals surface area contributed by atoms with Crippen LogP contribution < -0.4 is 5.32 Å². The maximum Gasteiger partial charge on any atom is 0.349 e. The Kier molecular flexibility index (Phi) is 5.61. The van der Waals surface area contributed by atoms with Crippen molar-refractivity contribution in [1.82, 2.24) is 15.1 Å². The van der Waals surface area contributed by atoms with E-state index in [1.165, 1.54) is 11.3 Å². The fourth-order valence-electron chi connectivity index (χ4n) is 3.57. The van der Waals surface area contributed by atoms with Crippen molar-refractivity contribution in [2.75, 3.05) is 0 Å². The summed E-state index contributed by atoms with van der Waals surface area (Å²) in [6.07, 6.45) is 3.41. The Labute approximate surface area is 177 Å². The van der Waals surface area contributed by atoms with Gasteiger partial charge in [0.25, 0.3) is 5.91 Å². The van der Waals surface area contributed by atoms with Crippen LogP contribution in [0.3, 0.4) is 0 Å². The number of fused-ring (bicyclic) bond motifs is 1. The van der Waals surface area contributed by atoms with Gasteiger partial charge >= 0.3 is 5.97 Å². The van der Waals surface area contributed by atoms with E-state index in [-0.39, 0.29) is 11.9 Å². The van der Waals surface area contributed by atoms with E-state index >= 15 is 0 Å². The van der Waals surface area contributed by atoms with Crippen molar-refractivity contribution in [3.8, 4) is 5.69 Å².